The Balaban J connectivity index is 1.64. The van der Waals surface area contributed by atoms with Crippen LogP contribution in [0.1, 0.15) is 37.4 Å². The van der Waals surface area contributed by atoms with Crippen molar-refractivity contribution >= 4 is 17.4 Å². The Morgan fingerprint density at radius 3 is 2.94 bits per heavy atom. The van der Waals surface area contributed by atoms with Crippen molar-refractivity contribution in [2.24, 2.45) is 0 Å². The molecule has 2 aliphatic rings. The summed E-state index contributed by atoms with van der Waals surface area (Å²) in [5.41, 5.74) is 0. The second-order valence-electron chi connectivity index (χ2n) is 4.72. The van der Waals surface area contributed by atoms with E-state index in [0.717, 1.165) is 37.6 Å². The van der Waals surface area contributed by atoms with Crippen molar-refractivity contribution in [2.75, 3.05) is 18.5 Å². The maximum Gasteiger partial charge on any atom is 0.135 e. The third-order valence-electron chi connectivity index (χ3n) is 3.19. The van der Waals surface area contributed by atoms with E-state index in [4.69, 9.17) is 16.3 Å². The molecule has 0 unspecified atom stereocenters. The minimum atomic E-state index is 0.313. The highest BCUT2D eigenvalue weighted by molar-refractivity contribution is 6.29. The van der Waals surface area contributed by atoms with Crippen LogP contribution in [-0.2, 0) is 4.74 Å². The van der Waals surface area contributed by atoms with Gasteiger partial charge in [-0.2, -0.15) is 0 Å². The van der Waals surface area contributed by atoms with Crippen molar-refractivity contribution in [3.63, 3.8) is 0 Å². The molecule has 1 aliphatic heterocycles. The molecule has 0 radical (unpaired) electrons. The summed E-state index contributed by atoms with van der Waals surface area (Å²) in [4.78, 5) is 8.75. The molecule has 1 aromatic rings. The fourth-order valence-electron chi connectivity index (χ4n) is 2.07. The normalized spacial score (nSPS) is 23.9. The molecular weight excluding hydrogens is 238 g/mol. The van der Waals surface area contributed by atoms with Crippen LogP contribution in [0.4, 0.5) is 5.82 Å². The molecule has 2 fully saturated rings. The molecule has 0 spiro atoms. The van der Waals surface area contributed by atoms with Crippen molar-refractivity contribution < 1.29 is 4.74 Å². The average molecular weight is 254 g/mol. The molecule has 1 N–H and O–H groups in total. The highest BCUT2D eigenvalue weighted by Gasteiger charge is 2.27. The number of hydrogen-bond donors (Lipinski definition) is 1. The number of ether oxygens (including phenoxy) is 1. The Kier molecular flexibility index (Phi) is 3.16. The van der Waals surface area contributed by atoms with Crippen LogP contribution in [0.25, 0.3) is 0 Å². The number of hydrogen-bond acceptors (Lipinski definition) is 4. The molecule has 2 heterocycles. The van der Waals surface area contributed by atoms with Crippen molar-refractivity contribution in [3.05, 3.63) is 17.0 Å². The zero-order chi connectivity index (χ0) is 11.7. The van der Waals surface area contributed by atoms with E-state index in [9.17, 15) is 0 Å². The molecule has 3 rings (SSSR count). The first-order valence-electron chi connectivity index (χ1n) is 6.21. The maximum absolute atomic E-state index is 5.99. The van der Waals surface area contributed by atoms with Crippen molar-refractivity contribution in [1.82, 2.24) is 9.97 Å². The Morgan fingerprint density at radius 1 is 1.35 bits per heavy atom. The molecule has 4 nitrogen and oxygen atoms in total. The summed E-state index contributed by atoms with van der Waals surface area (Å²) >= 11 is 5.99. The first-order valence-corrected chi connectivity index (χ1v) is 6.59. The summed E-state index contributed by atoms with van der Waals surface area (Å²) < 4.78 is 5.56. The molecule has 0 amide bonds. The van der Waals surface area contributed by atoms with Gasteiger partial charge in [0.2, 0.25) is 0 Å². The Hall–Kier alpha value is -0.870. The van der Waals surface area contributed by atoms with E-state index >= 15 is 0 Å². The summed E-state index contributed by atoms with van der Waals surface area (Å²) in [5, 5.41) is 3.81. The lowest BCUT2D eigenvalue weighted by Crippen LogP contribution is -2.19. The Labute approximate surface area is 106 Å². The van der Waals surface area contributed by atoms with E-state index in [-0.39, 0.29) is 0 Å². The van der Waals surface area contributed by atoms with Crippen LogP contribution in [0.3, 0.4) is 0 Å². The predicted octanol–water partition coefficient (Wildman–Crippen LogP) is 2.60. The zero-order valence-electron chi connectivity index (χ0n) is 9.66. The van der Waals surface area contributed by atoms with Gasteiger partial charge in [0.1, 0.15) is 16.8 Å². The molecule has 17 heavy (non-hydrogen) atoms. The second kappa shape index (κ2) is 4.78. The lowest BCUT2D eigenvalue weighted by molar-refractivity contribution is 0.120. The van der Waals surface area contributed by atoms with Crippen LogP contribution in [0.15, 0.2) is 6.07 Å². The standard InChI is InChI=1S/C12H16ClN3O/c13-10-6-11(14-7-9-2-1-5-17-9)16-12(15-10)8-3-4-8/h6,8-9H,1-5,7H2,(H,14,15,16)/t9-/m1/s1. The molecule has 92 valence electrons. The monoisotopic (exact) mass is 253 g/mol. The van der Waals surface area contributed by atoms with E-state index < -0.39 is 0 Å². The van der Waals surface area contributed by atoms with Gasteiger partial charge in [0.15, 0.2) is 0 Å². The lowest BCUT2D eigenvalue weighted by Gasteiger charge is -2.12. The SMILES string of the molecule is Clc1cc(NC[C@H]2CCCO2)nc(C2CC2)n1. The van der Waals surface area contributed by atoms with Gasteiger partial charge in [-0.05, 0) is 25.7 Å². The van der Waals surface area contributed by atoms with Crippen molar-refractivity contribution in [2.45, 2.75) is 37.7 Å². The predicted molar refractivity (Wildman–Crippen MR) is 66.5 cm³/mol. The summed E-state index contributed by atoms with van der Waals surface area (Å²) in [6, 6.07) is 1.78. The number of anilines is 1. The molecule has 1 aliphatic carbocycles. The highest BCUT2D eigenvalue weighted by atomic mass is 35.5. The van der Waals surface area contributed by atoms with Gasteiger partial charge in [-0.15, -0.1) is 0 Å². The van der Waals surface area contributed by atoms with Crippen LogP contribution in [-0.4, -0.2) is 29.2 Å². The summed E-state index contributed by atoms with van der Waals surface area (Å²) in [5.74, 6) is 2.23. The smallest absolute Gasteiger partial charge is 0.135 e. The van der Waals surface area contributed by atoms with Gasteiger partial charge in [-0.1, -0.05) is 11.6 Å². The van der Waals surface area contributed by atoms with E-state index in [1.54, 1.807) is 6.07 Å². The van der Waals surface area contributed by atoms with E-state index in [1.165, 1.54) is 12.8 Å². The molecule has 1 saturated carbocycles. The van der Waals surface area contributed by atoms with Crippen molar-refractivity contribution in [3.8, 4) is 0 Å². The summed E-state index contributed by atoms with van der Waals surface area (Å²) in [6.07, 6.45) is 4.97. The van der Waals surface area contributed by atoms with Gasteiger partial charge in [0, 0.05) is 25.1 Å². The highest BCUT2D eigenvalue weighted by Crippen LogP contribution is 2.38. The number of rotatable bonds is 4. The number of aromatic nitrogens is 2. The van der Waals surface area contributed by atoms with E-state index in [2.05, 4.69) is 15.3 Å². The molecular formula is C12H16ClN3O. The fourth-order valence-corrected chi connectivity index (χ4v) is 2.26. The topological polar surface area (TPSA) is 47.0 Å². The summed E-state index contributed by atoms with van der Waals surface area (Å²) in [6.45, 7) is 1.68. The van der Waals surface area contributed by atoms with E-state index in [1.807, 2.05) is 0 Å². The van der Waals surface area contributed by atoms with Crippen LogP contribution in [0.2, 0.25) is 5.15 Å². The van der Waals surface area contributed by atoms with Crippen LogP contribution in [0.5, 0.6) is 0 Å². The largest absolute Gasteiger partial charge is 0.376 e. The van der Waals surface area contributed by atoms with Crippen molar-refractivity contribution in [1.29, 1.82) is 0 Å². The quantitative estimate of drug-likeness (QED) is 0.838. The first kappa shape index (κ1) is 11.2. The number of nitrogens with zero attached hydrogens (tertiary/aromatic N) is 2. The molecule has 5 heteroatoms. The van der Waals surface area contributed by atoms with E-state index in [0.29, 0.717) is 17.2 Å². The molecule has 0 aromatic carbocycles. The molecule has 1 atom stereocenters. The average Bonchev–Trinajstić information content (AvgIpc) is 3.04. The fraction of sp³-hybridized carbons (Fsp3) is 0.667. The first-order chi connectivity index (χ1) is 8.31. The number of nitrogens with one attached hydrogen (secondary N) is 1. The number of halogens is 1. The van der Waals surface area contributed by atoms with Gasteiger partial charge >= 0.3 is 0 Å². The van der Waals surface area contributed by atoms with Gasteiger partial charge in [-0.25, -0.2) is 9.97 Å². The van der Waals surface area contributed by atoms with Crippen LogP contribution < -0.4 is 5.32 Å². The Morgan fingerprint density at radius 2 is 2.24 bits per heavy atom. The molecule has 1 aromatic heterocycles. The second-order valence-corrected chi connectivity index (χ2v) is 5.11. The van der Waals surface area contributed by atoms with Gasteiger partial charge in [-0.3, -0.25) is 0 Å². The molecule has 0 bridgehead atoms. The third kappa shape index (κ3) is 2.87. The third-order valence-corrected chi connectivity index (χ3v) is 3.38. The summed E-state index contributed by atoms with van der Waals surface area (Å²) in [7, 11) is 0. The van der Waals surface area contributed by atoms with Gasteiger partial charge in [0.25, 0.3) is 0 Å². The van der Waals surface area contributed by atoms with Gasteiger partial charge in [0.05, 0.1) is 6.10 Å². The van der Waals surface area contributed by atoms with Crippen LogP contribution >= 0.6 is 11.6 Å². The van der Waals surface area contributed by atoms with Gasteiger partial charge < -0.3 is 10.1 Å². The van der Waals surface area contributed by atoms with Crippen LogP contribution in [0, 0.1) is 0 Å². The minimum absolute atomic E-state index is 0.313. The maximum atomic E-state index is 5.99. The lowest BCUT2D eigenvalue weighted by atomic mass is 10.2. The Bertz CT molecular complexity index is 403. The zero-order valence-corrected chi connectivity index (χ0v) is 10.4. The minimum Gasteiger partial charge on any atom is -0.376 e. The molecule has 1 saturated heterocycles.